The number of terminal acetylenes is 1. The normalized spacial score (nSPS) is 22.8. The number of nitrogens with one attached hydrogen (secondary N) is 1. The summed E-state index contributed by atoms with van der Waals surface area (Å²) in [5.74, 6) is 1.57. The van der Waals surface area contributed by atoms with E-state index in [1.165, 1.54) is 0 Å². The summed E-state index contributed by atoms with van der Waals surface area (Å²) in [4.78, 5) is 10.6. The van der Waals surface area contributed by atoms with Gasteiger partial charge in [-0.3, -0.25) is 4.79 Å². The lowest BCUT2D eigenvalue weighted by Crippen LogP contribution is -2.36. The van der Waals surface area contributed by atoms with Crippen LogP contribution < -0.4 is 5.32 Å². The molecule has 0 radical (unpaired) electrons. The van der Waals surface area contributed by atoms with Crippen molar-refractivity contribution in [3.05, 3.63) is 0 Å². The van der Waals surface area contributed by atoms with E-state index in [0.29, 0.717) is 19.9 Å². The fourth-order valence-corrected chi connectivity index (χ4v) is 0.920. The van der Waals surface area contributed by atoms with Crippen molar-refractivity contribution in [1.82, 2.24) is 5.32 Å². The molecular weight excluding hydrogens is 158 g/mol. The van der Waals surface area contributed by atoms with Gasteiger partial charge >= 0.3 is 0 Å². The van der Waals surface area contributed by atoms with Gasteiger partial charge in [0, 0.05) is 6.54 Å². The third-order valence-corrected chi connectivity index (χ3v) is 1.59. The Kier molecular flexibility index (Phi) is 3.58. The van der Waals surface area contributed by atoms with Crippen LogP contribution in [0.15, 0.2) is 0 Å². The topological polar surface area (TPSA) is 47.6 Å². The van der Waals surface area contributed by atoms with Crippen molar-refractivity contribution >= 4 is 5.91 Å². The summed E-state index contributed by atoms with van der Waals surface area (Å²) >= 11 is 0. The number of amides is 1. The summed E-state index contributed by atoms with van der Waals surface area (Å²) in [6.07, 6.45) is 5.69. The zero-order valence-corrected chi connectivity index (χ0v) is 6.71. The van der Waals surface area contributed by atoms with Gasteiger partial charge in [0.05, 0.1) is 12.7 Å². The van der Waals surface area contributed by atoms with Crippen molar-refractivity contribution in [3.63, 3.8) is 0 Å². The molecule has 1 heterocycles. The number of rotatable bonds is 2. The van der Waals surface area contributed by atoms with Crippen molar-refractivity contribution in [3.8, 4) is 12.3 Å². The van der Waals surface area contributed by atoms with Gasteiger partial charge in [0.2, 0.25) is 0 Å². The van der Waals surface area contributed by atoms with E-state index in [1.54, 1.807) is 0 Å². The molecular formula is C8H11NO3. The van der Waals surface area contributed by atoms with E-state index >= 15 is 0 Å². The summed E-state index contributed by atoms with van der Waals surface area (Å²) in [5, 5.41) is 2.55. The molecule has 1 amide bonds. The molecule has 0 aromatic heterocycles. The molecule has 4 heteroatoms. The zero-order chi connectivity index (χ0) is 8.81. The second-order valence-electron chi connectivity index (χ2n) is 2.46. The van der Waals surface area contributed by atoms with E-state index in [2.05, 4.69) is 5.32 Å². The molecule has 1 aliphatic rings. The summed E-state index contributed by atoms with van der Waals surface area (Å²) in [6, 6.07) is 0. The molecule has 1 fully saturated rings. The molecule has 1 aliphatic heterocycles. The maximum absolute atomic E-state index is 10.6. The smallest absolute Gasteiger partial charge is 0.295 e. The average Bonchev–Trinajstić information content (AvgIpc) is 2.16. The second-order valence-corrected chi connectivity index (χ2v) is 2.46. The predicted octanol–water partition coefficient (Wildman–Crippen LogP) is -0.501. The average molecular weight is 169 g/mol. The number of carbonyl (C=O) groups is 1. The fourth-order valence-electron chi connectivity index (χ4n) is 0.920. The second kappa shape index (κ2) is 4.75. The van der Waals surface area contributed by atoms with Gasteiger partial charge in [-0.1, -0.05) is 0 Å². The van der Waals surface area contributed by atoms with Crippen LogP contribution in [-0.4, -0.2) is 32.0 Å². The zero-order valence-electron chi connectivity index (χ0n) is 6.71. The van der Waals surface area contributed by atoms with Crippen molar-refractivity contribution in [2.75, 3.05) is 19.9 Å². The molecule has 1 saturated heterocycles. The summed E-state index contributed by atoms with van der Waals surface area (Å²) in [6.45, 7) is 1.44. The van der Waals surface area contributed by atoms with E-state index in [0.717, 1.165) is 6.42 Å². The first kappa shape index (κ1) is 9.04. The van der Waals surface area contributed by atoms with Crippen molar-refractivity contribution in [1.29, 1.82) is 0 Å². The highest BCUT2D eigenvalue weighted by Crippen LogP contribution is 2.03. The molecule has 0 bridgehead atoms. The predicted molar refractivity (Wildman–Crippen MR) is 42.2 cm³/mol. The molecule has 1 atom stereocenters. The first-order valence-corrected chi connectivity index (χ1v) is 3.76. The molecule has 0 aromatic carbocycles. The summed E-state index contributed by atoms with van der Waals surface area (Å²) < 4.78 is 10.1. The molecule has 4 nitrogen and oxygen atoms in total. The number of hydrogen-bond donors (Lipinski definition) is 1. The van der Waals surface area contributed by atoms with Crippen LogP contribution >= 0.6 is 0 Å². The Balaban J connectivity index is 2.14. The van der Waals surface area contributed by atoms with Crippen LogP contribution in [0.3, 0.4) is 0 Å². The molecule has 1 N–H and O–H groups in total. The molecule has 0 saturated carbocycles. The van der Waals surface area contributed by atoms with Crippen LogP contribution in [0, 0.1) is 12.3 Å². The Hall–Kier alpha value is -1.05. The van der Waals surface area contributed by atoms with Gasteiger partial charge in [-0.2, -0.15) is 0 Å². The molecule has 0 aromatic rings. The van der Waals surface area contributed by atoms with Crippen LogP contribution in [0.25, 0.3) is 0 Å². The molecule has 12 heavy (non-hydrogen) atoms. The summed E-state index contributed by atoms with van der Waals surface area (Å²) in [7, 11) is 0. The van der Waals surface area contributed by atoms with Crippen molar-refractivity contribution < 1.29 is 14.3 Å². The molecule has 0 spiro atoms. The molecule has 66 valence electrons. The van der Waals surface area contributed by atoms with E-state index in [4.69, 9.17) is 15.9 Å². The quantitative estimate of drug-likeness (QED) is 0.567. The van der Waals surface area contributed by atoms with Gasteiger partial charge in [-0.05, 0) is 12.3 Å². The monoisotopic (exact) mass is 169 g/mol. The maximum atomic E-state index is 10.6. The lowest BCUT2D eigenvalue weighted by Gasteiger charge is -2.22. The van der Waals surface area contributed by atoms with Crippen LogP contribution in [-0.2, 0) is 14.3 Å². The van der Waals surface area contributed by atoms with E-state index in [9.17, 15) is 4.79 Å². The van der Waals surface area contributed by atoms with Crippen LogP contribution in [0.4, 0.5) is 0 Å². The molecule has 0 aliphatic carbocycles. The van der Waals surface area contributed by atoms with E-state index in [1.807, 2.05) is 5.92 Å². The Labute approximate surface area is 71.2 Å². The van der Waals surface area contributed by atoms with Gasteiger partial charge in [0.15, 0.2) is 0 Å². The third-order valence-electron chi connectivity index (χ3n) is 1.59. The van der Waals surface area contributed by atoms with Crippen LogP contribution in [0.1, 0.15) is 6.42 Å². The lowest BCUT2D eigenvalue weighted by molar-refractivity contribution is -0.139. The van der Waals surface area contributed by atoms with E-state index < -0.39 is 5.91 Å². The lowest BCUT2D eigenvalue weighted by atomic mass is 10.2. The van der Waals surface area contributed by atoms with E-state index in [-0.39, 0.29) is 6.10 Å². The van der Waals surface area contributed by atoms with Gasteiger partial charge in [0.25, 0.3) is 5.91 Å². The SMILES string of the molecule is C#CC(=O)NCC1CCOCO1. The van der Waals surface area contributed by atoms with Crippen molar-refractivity contribution in [2.45, 2.75) is 12.5 Å². The number of ether oxygens (including phenoxy) is 2. The first-order valence-electron chi connectivity index (χ1n) is 3.76. The van der Waals surface area contributed by atoms with Gasteiger partial charge < -0.3 is 14.8 Å². The van der Waals surface area contributed by atoms with Crippen LogP contribution in [0.2, 0.25) is 0 Å². The Bertz CT molecular complexity index is 191. The van der Waals surface area contributed by atoms with Crippen LogP contribution in [0.5, 0.6) is 0 Å². The Morgan fingerprint density at radius 1 is 1.75 bits per heavy atom. The Morgan fingerprint density at radius 3 is 3.17 bits per heavy atom. The Morgan fingerprint density at radius 2 is 2.58 bits per heavy atom. The molecule has 1 rings (SSSR count). The van der Waals surface area contributed by atoms with Crippen molar-refractivity contribution in [2.24, 2.45) is 0 Å². The third kappa shape index (κ3) is 2.91. The number of hydrogen-bond acceptors (Lipinski definition) is 3. The van der Waals surface area contributed by atoms with Gasteiger partial charge in [-0.15, -0.1) is 6.42 Å². The minimum Gasteiger partial charge on any atom is -0.355 e. The highest BCUT2D eigenvalue weighted by Gasteiger charge is 2.13. The first-order chi connectivity index (χ1) is 5.83. The van der Waals surface area contributed by atoms with Gasteiger partial charge in [-0.25, -0.2) is 0 Å². The largest absolute Gasteiger partial charge is 0.355 e. The van der Waals surface area contributed by atoms with Gasteiger partial charge in [0.1, 0.15) is 6.79 Å². The maximum Gasteiger partial charge on any atom is 0.295 e. The summed E-state index contributed by atoms with van der Waals surface area (Å²) in [5.41, 5.74) is 0. The minimum absolute atomic E-state index is 0.0380. The number of carbonyl (C=O) groups excluding carboxylic acids is 1. The molecule has 1 unspecified atom stereocenters. The standard InChI is InChI=1S/C8H11NO3/c1-2-8(10)9-5-7-3-4-11-6-12-7/h1,7H,3-6H2,(H,9,10). The minimum atomic E-state index is -0.398. The fraction of sp³-hybridized carbons (Fsp3) is 0.625. The highest BCUT2D eigenvalue weighted by molar-refractivity contribution is 5.92. The highest BCUT2D eigenvalue weighted by atomic mass is 16.7.